The van der Waals surface area contributed by atoms with E-state index < -0.39 is 0 Å². The predicted molar refractivity (Wildman–Crippen MR) is 128 cm³/mol. The molecule has 0 bridgehead atoms. The Balaban J connectivity index is 1.55. The minimum absolute atomic E-state index is 0.115. The van der Waals surface area contributed by atoms with Crippen molar-refractivity contribution < 1.29 is 9.18 Å². The third-order valence-corrected chi connectivity index (χ3v) is 6.39. The van der Waals surface area contributed by atoms with Gasteiger partial charge in [-0.1, -0.05) is 36.4 Å². The molecule has 2 unspecified atom stereocenters. The van der Waals surface area contributed by atoms with Gasteiger partial charge < -0.3 is 15.5 Å². The van der Waals surface area contributed by atoms with Crippen molar-refractivity contribution in [2.45, 2.75) is 24.8 Å². The van der Waals surface area contributed by atoms with Crippen LogP contribution in [0.15, 0.2) is 84.1 Å². The van der Waals surface area contributed by atoms with Crippen molar-refractivity contribution in [1.82, 2.24) is 0 Å². The van der Waals surface area contributed by atoms with E-state index >= 15 is 0 Å². The normalized spacial score (nSPS) is 19.9. The molecule has 32 heavy (non-hydrogen) atoms. The number of rotatable bonds is 3. The van der Waals surface area contributed by atoms with Crippen LogP contribution < -0.4 is 15.5 Å². The molecule has 2 N–H and O–H groups in total. The van der Waals surface area contributed by atoms with E-state index in [1.165, 1.54) is 17.7 Å². The zero-order valence-electron chi connectivity index (χ0n) is 18.2. The molecule has 1 aliphatic heterocycles. The van der Waals surface area contributed by atoms with E-state index in [0.29, 0.717) is 6.42 Å². The first-order valence-corrected chi connectivity index (χ1v) is 10.9. The Morgan fingerprint density at radius 1 is 0.844 bits per heavy atom. The number of anilines is 3. The molecule has 5 rings (SSSR count). The molecular formula is C27H26FN3O. The van der Waals surface area contributed by atoms with Gasteiger partial charge in [0.25, 0.3) is 0 Å². The lowest BCUT2D eigenvalue weighted by atomic mass is 9.78. The number of nitrogens with one attached hydrogen (secondary N) is 2. The van der Waals surface area contributed by atoms with Crippen LogP contribution in [0.2, 0.25) is 0 Å². The first kappa shape index (κ1) is 20.3. The number of carbonyl (C=O) groups excluding carboxylic acids is 1. The summed E-state index contributed by atoms with van der Waals surface area (Å²) < 4.78 is 13.6. The highest BCUT2D eigenvalue weighted by atomic mass is 19.1. The van der Waals surface area contributed by atoms with E-state index in [-0.39, 0.29) is 23.6 Å². The van der Waals surface area contributed by atoms with Crippen molar-refractivity contribution in [2.24, 2.45) is 0 Å². The predicted octanol–water partition coefficient (Wildman–Crippen LogP) is 5.87. The lowest BCUT2D eigenvalue weighted by Gasteiger charge is -2.30. The quantitative estimate of drug-likeness (QED) is 0.549. The van der Waals surface area contributed by atoms with Gasteiger partial charge in [0, 0.05) is 37.5 Å². The van der Waals surface area contributed by atoms with Gasteiger partial charge in [0.2, 0.25) is 0 Å². The van der Waals surface area contributed by atoms with E-state index in [0.717, 1.165) is 40.3 Å². The third kappa shape index (κ3) is 3.75. The maximum Gasteiger partial charge on any atom is 0.163 e. The minimum atomic E-state index is -0.327. The second kappa shape index (κ2) is 8.15. The summed E-state index contributed by atoms with van der Waals surface area (Å²) in [7, 11) is 4.04. The van der Waals surface area contributed by atoms with Crippen molar-refractivity contribution in [3.05, 3.63) is 101 Å². The molecule has 0 spiro atoms. The molecule has 0 aromatic heterocycles. The minimum Gasteiger partial charge on any atom is -0.378 e. The molecule has 4 nitrogen and oxygen atoms in total. The number of carbonyl (C=O) groups is 1. The molecule has 3 aromatic carbocycles. The van der Waals surface area contributed by atoms with Gasteiger partial charge in [0.15, 0.2) is 5.78 Å². The number of para-hydroxylation sites is 2. The Morgan fingerprint density at radius 3 is 2.19 bits per heavy atom. The van der Waals surface area contributed by atoms with Crippen LogP contribution >= 0.6 is 0 Å². The summed E-state index contributed by atoms with van der Waals surface area (Å²) in [5.41, 5.74) is 6.74. The molecule has 0 saturated carbocycles. The second-order valence-electron chi connectivity index (χ2n) is 8.71. The number of benzene rings is 3. The zero-order chi connectivity index (χ0) is 22.2. The molecule has 1 heterocycles. The van der Waals surface area contributed by atoms with Gasteiger partial charge in [-0.25, -0.2) is 4.39 Å². The molecule has 0 fully saturated rings. The molecule has 162 valence electrons. The number of allylic oxidation sites excluding steroid dienone is 1. The van der Waals surface area contributed by atoms with Gasteiger partial charge in [0.1, 0.15) is 5.82 Å². The lowest BCUT2D eigenvalue weighted by molar-refractivity contribution is -0.116. The van der Waals surface area contributed by atoms with Crippen molar-refractivity contribution in [3.63, 3.8) is 0 Å². The molecule has 2 aliphatic rings. The SMILES string of the molecule is CN(C)c1ccc(C2CC(=O)C3=C(C2)Nc2ccccc2NC3c2ccc(F)cc2)cc1. The summed E-state index contributed by atoms with van der Waals surface area (Å²) in [6.45, 7) is 0. The largest absolute Gasteiger partial charge is 0.378 e. The van der Waals surface area contributed by atoms with Crippen LogP contribution in [0.3, 0.4) is 0 Å². The number of nitrogens with zero attached hydrogens (tertiary/aromatic N) is 1. The molecular weight excluding hydrogens is 401 g/mol. The van der Waals surface area contributed by atoms with E-state index in [9.17, 15) is 9.18 Å². The molecule has 2 atom stereocenters. The number of hydrogen-bond donors (Lipinski definition) is 2. The van der Waals surface area contributed by atoms with Crippen LogP contribution in [0.1, 0.15) is 35.9 Å². The summed E-state index contributed by atoms with van der Waals surface area (Å²) in [6.07, 6.45) is 1.20. The zero-order valence-corrected chi connectivity index (χ0v) is 18.2. The molecule has 0 amide bonds. The molecule has 5 heteroatoms. The number of Topliss-reactive ketones (excluding diaryl/α,β-unsaturated/α-hetero) is 1. The topological polar surface area (TPSA) is 44.4 Å². The maximum atomic E-state index is 13.6. The molecule has 0 radical (unpaired) electrons. The van der Waals surface area contributed by atoms with Crippen LogP contribution in [0.5, 0.6) is 0 Å². The van der Waals surface area contributed by atoms with Crippen molar-refractivity contribution in [2.75, 3.05) is 29.6 Å². The monoisotopic (exact) mass is 427 g/mol. The van der Waals surface area contributed by atoms with Gasteiger partial charge in [-0.15, -0.1) is 0 Å². The van der Waals surface area contributed by atoms with Gasteiger partial charge in [0.05, 0.1) is 17.4 Å². The van der Waals surface area contributed by atoms with E-state index in [1.54, 1.807) is 12.1 Å². The average Bonchev–Trinajstić information content (AvgIpc) is 2.96. The summed E-state index contributed by atoms with van der Waals surface area (Å²) in [5.74, 6) is -0.0505. The molecule has 0 saturated heterocycles. The first-order chi connectivity index (χ1) is 15.5. The Kier molecular flexibility index (Phi) is 5.17. The van der Waals surface area contributed by atoms with E-state index in [1.807, 2.05) is 38.4 Å². The fourth-order valence-electron chi connectivity index (χ4n) is 4.68. The van der Waals surface area contributed by atoms with Crippen LogP contribution in [-0.2, 0) is 4.79 Å². The average molecular weight is 428 g/mol. The van der Waals surface area contributed by atoms with Gasteiger partial charge in [-0.2, -0.15) is 0 Å². The Labute approximate surface area is 187 Å². The summed E-state index contributed by atoms with van der Waals surface area (Å²) in [6, 6.07) is 22.5. The summed E-state index contributed by atoms with van der Waals surface area (Å²) >= 11 is 0. The van der Waals surface area contributed by atoms with E-state index in [2.05, 4.69) is 39.8 Å². The van der Waals surface area contributed by atoms with E-state index in [4.69, 9.17) is 0 Å². The van der Waals surface area contributed by atoms with Gasteiger partial charge >= 0.3 is 0 Å². The first-order valence-electron chi connectivity index (χ1n) is 10.9. The number of ketones is 1. The Morgan fingerprint density at radius 2 is 1.50 bits per heavy atom. The highest BCUT2D eigenvalue weighted by Gasteiger charge is 2.36. The third-order valence-electron chi connectivity index (χ3n) is 6.39. The number of hydrogen-bond acceptors (Lipinski definition) is 4. The van der Waals surface area contributed by atoms with Crippen molar-refractivity contribution in [1.29, 1.82) is 0 Å². The smallest absolute Gasteiger partial charge is 0.163 e. The summed E-state index contributed by atoms with van der Waals surface area (Å²) in [4.78, 5) is 15.6. The van der Waals surface area contributed by atoms with Crippen molar-refractivity contribution >= 4 is 22.8 Å². The maximum absolute atomic E-state index is 13.6. The summed E-state index contributed by atoms with van der Waals surface area (Å²) in [5, 5.41) is 7.08. The number of fused-ring (bicyclic) bond motifs is 1. The molecule has 1 aliphatic carbocycles. The van der Waals surface area contributed by atoms with Gasteiger partial charge in [-0.3, -0.25) is 4.79 Å². The fraction of sp³-hybridized carbons (Fsp3) is 0.222. The Hall–Kier alpha value is -3.60. The lowest BCUT2D eigenvalue weighted by Crippen LogP contribution is -2.26. The molecule has 3 aromatic rings. The number of halogens is 1. The Bertz CT molecular complexity index is 1180. The van der Waals surface area contributed by atoms with Crippen LogP contribution in [0, 0.1) is 5.82 Å². The van der Waals surface area contributed by atoms with Crippen LogP contribution in [0.25, 0.3) is 0 Å². The van der Waals surface area contributed by atoms with Crippen molar-refractivity contribution in [3.8, 4) is 0 Å². The van der Waals surface area contributed by atoms with Crippen LogP contribution in [0.4, 0.5) is 21.5 Å². The van der Waals surface area contributed by atoms with Gasteiger partial charge in [-0.05, 0) is 59.9 Å². The second-order valence-corrected chi connectivity index (χ2v) is 8.71. The highest BCUT2D eigenvalue weighted by Crippen LogP contribution is 2.44. The highest BCUT2D eigenvalue weighted by molar-refractivity contribution is 6.01. The van der Waals surface area contributed by atoms with Crippen LogP contribution in [-0.4, -0.2) is 19.9 Å². The standard InChI is InChI=1S/C27H26FN3O/c1-31(2)21-13-9-17(10-14-21)19-15-24-26(25(32)16-19)27(18-7-11-20(28)12-8-18)30-23-6-4-3-5-22(23)29-24/h3-14,19,27,29-30H,15-16H2,1-2H3. The fourth-order valence-corrected chi connectivity index (χ4v) is 4.68.